The Morgan fingerprint density at radius 3 is 2.70 bits per heavy atom. The monoisotopic (exact) mass is 375 g/mol. The summed E-state index contributed by atoms with van der Waals surface area (Å²) in [6.07, 6.45) is 6.07. The lowest BCUT2D eigenvalue weighted by atomic mass is 9.97. The first kappa shape index (κ1) is 21.1. The molecule has 148 valence electrons. The van der Waals surface area contributed by atoms with Crippen LogP contribution < -0.4 is 0 Å². The van der Waals surface area contributed by atoms with Crippen molar-refractivity contribution in [3.05, 3.63) is 59.7 Å². The number of likely N-dealkylation sites (tertiary alicyclic amines) is 1. The number of benzene rings is 1. The Morgan fingerprint density at radius 2 is 2.11 bits per heavy atom. The van der Waals surface area contributed by atoms with Gasteiger partial charge in [0.05, 0.1) is 0 Å². The number of halogens is 2. The highest BCUT2D eigenvalue weighted by Crippen LogP contribution is 2.23. The Hall–Kier alpha value is -2.17. The molecule has 0 N–H and O–H groups in total. The van der Waals surface area contributed by atoms with E-state index in [1.54, 1.807) is 12.1 Å². The SMILES string of the molecule is C=CC1CCN(/C(=C/Cc2ccc(F)c(CC(C)F)c2)N(C)CN=C)CC1. The maximum absolute atomic E-state index is 13.9. The molecule has 0 spiro atoms. The van der Waals surface area contributed by atoms with Gasteiger partial charge in [-0.3, -0.25) is 4.99 Å². The average molecular weight is 376 g/mol. The van der Waals surface area contributed by atoms with Crippen molar-refractivity contribution in [2.75, 3.05) is 26.8 Å². The fraction of sp³-hybridized carbons (Fsp3) is 0.500. The van der Waals surface area contributed by atoms with E-state index in [1.165, 1.54) is 13.0 Å². The van der Waals surface area contributed by atoms with Crippen molar-refractivity contribution in [3.63, 3.8) is 0 Å². The van der Waals surface area contributed by atoms with Crippen LogP contribution in [0.5, 0.6) is 0 Å². The van der Waals surface area contributed by atoms with Gasteiger partial charge in [-0.05, 0) is 62.1 Å². The van der Waals surface area contributed by atoms with E-state index in [-0.39, 0.29) is 12.2 Å². The molecular formula is C22H31F2N3. The Bertz CT molecular complexity index is 662. The summed E-state index contributed by atoms with van der Waals surface area (Å²) in [4.78, 5) is 8.44. The predicted octanol–water partition coefficient (Wildman–Crippen LogP) is 4.60. The van der Waals surface area contributed by atoms with E-state index in [0.29, 0.717) is 24.6 Å². The molecule has 0 amide bonds. The van der Waals surface area contributed by atoms with E-state index in [4.69, 9.17) is 0 Å². The first-order chi connectivity index (χ1) is 12.9. The van der Waals surface area contributed by atoms with Crippen molar-refractivity contribution in [2.24, 2.45) is 10.9 Å². The third-order valence-corrected chi connectivity index (χ3v) is 5.03. The van der Waals surface area contributed by atoms with E-state index < -0.39 is 6.17 Å². The van der Waals surface area contributed by atoms with Gasteiger partial charge in [-0.15, -0.1) is 6.58 Å². The van der Waals surface area contributed by atoms with Gasteiger partial charge in [0.1, 0.15) is 24.5 Å². The van der Waals surface area contributed by atoms with Gasteiger partial charge in [-0.25, -0.2) is 8.78 Å². The highest BCUT2D eigenvalue weighted by Gasteiger charge is 2.20. The standard InChI is InChI=1S/C22H31F2N3/c1-5-18-10-12-27(13-11-18)22(26(4)16-25-3)9-7-19-6-8-21(24)20(15-19)14-17(2)23/h5-6,8-9,15,17-18H,1,3,7,10-14,16H2,2,4H3/b22-9+. The lowest BCUT2D eigenvalue weighted by Gasteiger charge is -2.37. The molecule has 1 fully saturated rings. The van der Waals surface area contributed by atoms with Crippen LogP contribution in [-0.4, -0.2) is 49.5 Å². The lowest BCUT2D eigenvalue weighted by Crippen LogP contribution is -2.39. The molecule has 0 aromatic heterocycles. The molecule has 1 aromatic rings. The number of allylic oxidation sites excluding steroid dienone is 2. The number of nitrogens with zero attached hydrogens (tertiary/aromatic N) is 3. The van der Waals surface area contributed by atoms with Crippen LogP contribution in [0.3, 0.4) is 0 Å². The quantitative estimate of drug-likeness (QED) is 0.464. The van der Waals surface area contributed by atoms with Crippen LogP contribution >= 0.6 is 0 Å². The Morgan fingerprint density at radius 1 is 1.41 bits per heavy atom. The zero-order valence-electron chi connectivity index (χ0n) is 16.5. The first-order valence-electron chi connectivity index (χ1n) is 9.57. The minimum absolute atomic E-state index is 0.103. The minimum atomic E-state index is -1.06. The third kappa shape index (κ3) is 6.19. The Labute approximate surface area is 162 Å². The maximum Gasteiger partial charge on any atom is 0.126 e. The van der Waals surface area contributed by atoms with Gasteiger partial charge in [0, 0.05) is 26.6 Å². The third-order valence-electron chi connectivity index (χ3n) is 5.03. The maximum atomic E-state index is 13.9. The zero-order chi connectivity index (χ0) is 19.8. The first-order valence-corrected chi connectivity index (χ1v) is 9.57. The van der Waals surface area contributed by atoms with Gasteiger partial charge in [0.2, 0.25) is 0 Å². The molecule has 1 atom stereocenters. The molecule has 1 aliphatic rings. The molecule has 1 heterocycles. The molecule has 3 nitrogen and oxygen atoms in total. The molecule has 0 saturated carbocycles. The van der Waals surface area contributed by atoms with Crippen LogP contribution in [-0.2, 0) is 12.8 Å². The van der Waals surface area contributed by atoms with Crippen molar-refractivity contribution in [1.82, 2.24) is 9.80 Å². The summed E-state index contributed by atoms with van der Waals surface area (Å²) in [5.41, 5.74) is 1.41. The molecule has 1 aromatic carbocycles. The number of piperidine rings is 1. The molecule has 2 rings (SSSR count). The fourth-order valence-corrected chi connectivity index (χ4v) is 3.54. The summed E-state index contributed by atoms with van der Waals surface area (Å²) in [5.74, 6) is 1.34. The summed E-state index contributed by atoms with van der Waals surface area (Å²) in [7, 11) is 2.00. The number of rotatable bonds is 9. The summed E-state index contributed by atoms with van der Waals surface area (Å²) < 4.78 is 27.2. The van der Waals surface area contributed by atoms with Crippen molar-refractivity contribution in [2.45, 2.75) is 38.8 Å². The number of hydrogen-bond donors (Lipinski definition) is 0. The topological polar surface area (TPSA) is 18.8 Å². The molecule has 27 heavy (non-hydrogen) atoms. The summed E-state index contributed by atoms with van der Waals surface area (Å²) in [6.45, 7) is 11.4. The van der Waals surface area contributed by atoms with Crippen molar-refractivity contribution >= 4 is 6.72 Å². The molecule has 0 radical (unpaired) electrons. The lowest BCUT2D eigenvalue weighted by molar-refractivity contribution is 0.188. The van der Waals surface area contributed by atoms with Gasteiger partial charge in [-0.1, -0.05) is 18.2 Å². The van der Waals surface area contributed by atoms with Crippen LogP contribution in [0.15, 0.2) is 47.7 Å². The molecule has 1 unspecified atom stereocenters. The molecule has 1 saturated heterocycles. The second kappa shape index (κ2) is 10.2. The van der Waals surface area contributed by atoms with Crippen molar-refractivity contribution in [3.8, 4) is 0 Å². The van der Waals surface area contributed by atoms with Crippen molar-refractivity contribution in [1.29, 1.82) is 0 Å². The molecule has 0 bridgehead atoms. The number of aliphatic imine (C=N–C) groups is 1. The Balaban J connectivity index is 2.17. The van der Waals surface area contributed by atoms with Crippen LogP contribution in [0.25, 0.3) is 0 Å². The van der Waals surface area contributed by atoms with Crippen LogP contribution in [0, 0.1) is 11.7 Å². The Kier molecular flexibility index (Phi) is 8.01. The predicted molar refractivity (Wildman–Crippen MR) is 109 cm³/mol. The average Bonchev–Trinajstić information content (AvgIpc) is 2.64. The zero-order valence-corrected chi connectivity index (χ0v) is 16.5. The van der Waals surface area contributed by atoms with Gasteiger partial charge in [0.15, 0.2) is 0 Å². The van der Waals surface area contributed by atoms with E-state index >= 15 is 0 Å². The smallest absolute Gasteiger partial charge is 0.126 e. The van der Waals surface area contributed by atoms with Gasteiger partial charge < -0.3 is 9.80 Å². The molecular weight excluding hydrogens is 344 g/mol. The van der Waals surface area contributed by atoms with Gasteiger partial charge >= 0.3 is 0 Å². The van der Waals surface area contributed by atoms with Crippen LogP contribution in [0.2, 0.25) is 0 Å². The second-order valence-corrected chi connectivity index (χ2v) is 7.30. The number of hydrogen-bond acceptors (Lipinski definition) is 3. The second-order valence-electron chi connectivity index (χ2n) is 7.30. The van der Waals surface area contributed by atoms with Crippen molar-refractivity contribution < 1.29 is 8.78 Å². The minimum Gasteiger partial charge on any atom is -0.358 e. The van der Waals surface area contributed by atoms with E-state index in [0.717, 1.165) is 37.3 Å². The summed E-state index contributed by atoms with van der Waals surface area (Å²) in [6, 6.07) is 4.98. The number of alkyl halides is 1. The molecule has 5 heteroatoms. The van der Waals surface area contributed by atoms with Gasteiger partial charge in [-0.2, -0.15) is 0 Å². The highest BCUT2D eigenvalue weighted by molar-refractivity contribution is 5.28. The van der Waals surface area contributed by atoms with Crippen LogP contribution in [0.4, 0.5) is 8.78 Å². The van der Waals surface area contributed by atoms with E-state index in [2.05, 4.69) is 34.2 Å². The molecule has 1 aliphatic heterocycles. The van der Waals surface area contributed by atoms with Gasteiger partial charge in [0.25, 0.3) is 0 Å². The largest absolute Gasteiger partial charge is 0.358 e. The summed E-state index contributed by atoms with van der Waals surface area (Å²) in [5, 5.41) is 0. The highest BCUT2D eigenvalue weighted by atomic mass is 19.1. The fourth-order valence-electron chi connectivity index (χ4n) is 3.54. The van der Waals surface area contributed by atoms with E-state index in [1.807, 2.05) is 13.1 Å². The summed E-state index contributed by atoms with van der Waals surface area (Å²) >= 11 is 0. The van der Waals surface area contributed by atoms with Crippen LogP contribution in [0.1, 0.15) is 30.9 Å². The molecule has 0 aliphatic carbocycles. The normalized spacial score (nSPS) is 16.9. The van der Waals surface area contributed by atoms with E-state index in [9.17, 15) is 8.78 Å².